The van der Waals surface area contributed by atoms with E-state index >= 15 is 0 Å². The van der Waals surface area contributed by atoms with E-state index in [9.17, 15) is 4.79 Å². The Morgan fingerprint density at radius 3 is 2.56 bits per heavy atom. The average molecular weight is 593 g/mol. The smallest absolute Gasteiger partial charge is 0.225 e. The van der Waals surface area contributed by atoms with Crippen LogP contribution in [-0.2, 0) is 26.7 Å². The molecule has 0 amide bonds. The molecule has 7 rings (SSSR count). The molecule has 4 heteroatoms. The molecule has 3 nitrogen and oxygen atoms in total. The predicted molar refractivity (Wildman–Crippen MR) is 122 cm³/mol. The zero-order valence-corrected chi connectivity index (χ0v) is 20.2. The Labute approximate surface area is 200 Å². The van der Waals surface area contributed by atoms with Crippen LogP contribution in [0, 0.1) is 19.9 Å². The number of carbonyl (C=O) groups excluding carboxylic acids is 1. The molecule has 2 aliphatic rings. The fourth-order valence-corrected chi connectivity index (χ4v) is 4.93. The Morgan fingerprint density at radius 2 is 1.69 bits per heavy atom. The standard InChI is InChI=1S/C15H12N.C13H8NO.Ir/c1-10-11(2)13-8-5-9-16-15(13)14-7-4-3-6-12(10)14;15-13-9-4-1-3-8-7-14-6-2-5-10(13)12(14)11(8)9;/h3-6,8-9H,1-2H3;1-6H,7H2;/q-1;+1;. The summed E-state index contributed by atoms with van der Waals surface area (Å²) in [6, 6.07) is 23.4. The summed E-state index contributed by atoms with van der Waals surface area (Å²) in [6.07, 6.45) is 3.89. The molecule has 0 bridgehead atoms. The van der Waals surface area contributed by atoms with E-state index in [0.717, 1.165) is 39.8 Å². The van der Waals surface area contributed by atoms with Crippen LogP contribution in [0.2, 0.25) is 0 Å². The maximum Gasteiger partial charge on any atom is 0.225 e. The van der Waals surface area contributed by atoms with Gasteiger partial charge < -0.3 is 4.98 Å². The number of rotatable bonds is 0. The minimum Gasteiger partial charge on any atom is -0.304 e. The number of nitrogens with zero attached hydrogens (tertiary/aromatic N) is 2. The summed E-state index contributed by atoms with van der Waals surface area (Å²) in [5.74, 6) is 0.177. The molecule has 0 N–H and O–H groups in total. The summed E-state index contributed by atoms with van der Waals surface area (Å²) in [5, 5.41) is 3.61. The summed E-state index contributed by atoms with van der Waals surface area (Å²) in [5.41, 5.74) is 8.98. The number of hydrogen-bond donors (Lipinski definition) is 0. The Balaban J connectivity index is 0.000000131. The van der Waals surface area contributed by atoms with Gasteiger partial charge in [-0.2, -0.15) is 4.57 Å². The van der Waals surface area contributed by atoms with Crippen molar-refractivity contribution < 1.29 is 29.5 Å². The van der Waals surface area contributed by atoms with Crippen LogP contribution >= 0.6 is 0 Å². The van der Waals surface area contributed by atoms with E-state index in [2.05, 4.69) is 47.7 Å². The molecule has 0 saturated carbocycles. The van der Waals surface area contributed by atoms with E-state index in [4.69, 9.17) is 0 Å². The zero-order valence-electron chi connectivity index (χ0n) is 17.8. The third-order valence-corrected chi connectivity index (χ3v) is 6.56. The first-order chi connectivity index (χ1) is 15.1. The van der Waals surface area contributed by atoms with Crippen LogP contribution in [-0.4, -0.2) is 10.8 Å². The van der Waals surface area contributed by atoms with Crippen LogP contribution in [0.15, 0.2) is 73.1 Å². The van der Waals surface area contributed by atoms with Gasteiger partial charge in [0.25, 0.3) is 0 Å². The molecular formula is C28H20IrN2O. The summed E-state index contributed by atoms with van der Waals surface area (Å²) in [4.78, 5) is 16.5. The van der Waals surface area contributed by atoms with Gasteiger partial charge in [-0.05, 0) is 36.9 Å². The second-order valence-corrected chi connectivity index (χ2v) is 8.18. The number of aryl methyl sites for hydroxylation is 2. The molecule has 1 aliphatic carbocycles. The van der Waals surface area contributed by atoms with Crippen molar-refractivity contribution in [3.8, 4) is 11.3 Å². The monoisotopic (exact) mass is 593 g/mol. The molecule has 0 fully saturated rings. The summed E-state index contributed by atoms with van der Waals surface area (Å²) < 4.78 is 2.16. The van der Waals surface area contributed by atoms with E-state index in [1.165, 1.54) is 27.5 Å². The first-order valence-corrected chi connectivity index (χ1v) is 10.5. The van der Waals surface area contributed by atoms with Gasteiger partial charge in [0.1, 0.15) is 0 Å². The van der Waals surface area contributed by atoms with Gasteiger partial charge in [-0.25, -0.2) is 0 Å². The maximum atomic E-state index is 12.1. The van der Waals surface area contributed by atoms with Crippen LogP contribution in [0.25, 0.3) is 32.9 Å². The number of carbonyl (C=O) groups is 1. The van der Waals surface area contributed by atoms with Crippen molar-refractivity contribution in [3.05, 3.63) is 107 Å². The fourth-order valence-electron chi connectivity index (χ4n) is 4.93. The van der Waals surface area contributed by atoms with E-state index < -0.39 is 0 Å². The molecule has 0 unspecified atom stereocenters. The summed E-state index contributed by atoms with van der Waals surface area (Å²) in [7, 11) is 0. The summed E-state index contributed by atoms with van der Waals surface area (Å²) in [6.45, 7) is 5.23. The largest absolute Gasteiger partial charge is 0.304 e. The Morgan fingerprint density at radius 1 is 0.906 bits per heavy atom. The van der Waals surface area contributed by atoms with Gasteiger partial charge in [0, 0.05) is 43.5 Å². The second-order valence-electron chi connectivity index (χ2n) is 8.18. The number of hydrogen-bond acceptors (Lipinski definition) is 2. The number of pyridine rings is 2. The SMILES string of the molecule is Cc1c(C)c2cccnc2c2[c-]cccc12.O=C1c2cccc3c2-c2c1ccc[n+]2C3.[Ir]. The molecule has 0 saturated heterocycles. The molecule has 1 aliphatic heterocycles. The van der Waals surface area contributed by atoms with E-state index in [1.807, 2.05) is 54.9 Å². The van der Waals surface area contributed by atoms with Crippen molar-refractivity contribution >= 4 is 27.5 Å². The van der Waals surface area contributed by atoms with Gasteiger partial charge >= 0.3 is 0 Å². The molecule has 2 aromatic heterocycles. The van der Waals surface area contributed by atoms with Gasteiger partial charge in [0.05, 0.1) is 11.1 Å². The van der Waals surface area contributed by atoms with E-state index in [0.29, 0.717) is 0 Å². The van der Waals surface area contributed by atoms with Gasteiger partial charge in [-0.3, -0.25) is 4.79 Å². The summed E-state index contributed by atoms with van der Waals surface area (Å²) >= 11 is 0. The number of aromatic nitrogens is 2. The molecule has 157 valence electrons. The van der Waals surface area contributed by atoms with Crippen LogP contribution in [0.1, 0.15) is 32.6 Å². The molecule has 3 heterocycles. The van der Waals surface area contributed by atoms with Crippen LogP contribution < -0.4 is 4.57 Å². The quantitative estimate of drug-likeness (QED) is 0.135. The third kappa shape index (κ3) is 2.87. The van der Waals surface area contributed by atoms with Gasteiger partial charge in [-0.1, -0.05) is 35.4 Å². The molecule has 32 heavy (non-hydrogen) atoms. The van der Waals surface area contributed by atoms with Crippen molar-refractivity contribution in [3.63, 3.8) is 0 Å². The maximum absolute atomic E-state index is 12.1. The third-order valence-electron chi connectivity index (χ3n) is 6.56. The van der Waals surface area contributed by atoms with Crippen LogP contribution in [0.4, 0.5) is 0 Å². The molecule has 0 spiro atoms. The fraction of sp³-hybridized carbons (Fsp3) is 0.107. The van der Waals surface area contributed by atoms with Crippen molar-refractivity contribution in [2.24, 2.45) is 0 Å². The van der Waals surface area contributed by atoms with Crippen molar-refractivity contribution in [2.75, 3.05) is 0 Å². The van der Waals surface area contributed by atoms with Crippen molar-refractivity contribution in [1.29, 1.82) is 0 Å². The second kappa shape index (κ2) is 7.74. The number of fused-ring (bicyclic) bond motifs is 3. The Kier molecular flexibility index (Phi) is 5.00. The first kappa shape index (κ1) is 20.7. The zero-order chi connectivity index (χ0) is 21.1. The van der Waals surface area contributed by atoms with Crippen molar-refractivity contribution in [2.45, 2.75) is 20.4 Å². The minimum absolute atomic E-state index is 0. The van der Waals surface area contributed by atoms with E-state index in [-0.39, 0.29) is 25.9 Å². The van der Waals surface area contributed by atoms with Gasteiger partial charge in [-0.15, -0.1) is 35.0 Å². The van der Waals surface area contributed by atoms with Gasteiger partial charge in [0.15, 0.2) is 12.7 Å². The van der Waals surface area contributed by atoms with Crippen LogP contribution in [0.3, 0.4) is 0 Å². The molecule has 1 radical (unpaired) electrons. The van der Waals surface area contributed by atoms with Gasteiger partial charge in [0.2, 0.25) is 11.5 Å². The first-order valence-electron chi connectivity index (χ1n) is 10.5. The van der Waals surface area contributed by atoms with Crippen LogP contribution in [0.5, 0.6) is 0 Å². The van der Waals surface area contributed by atoms with E-state index in [1.54, 1.807) is 0 Å². The number of ketones is 1. The molecular weight excluding hydrogens is 573 g/mol. The Hall–Kier alpha value is -3.20. The Bertz CT molecular complexity index is 1440. The van der Waals surface area contributed by atoms with Crippen molar-refractivity contribution in [1.82, 2.24) is 4.98 Å². The minimum atomic E-state index is 0. The average Bonchev–Trinajstić information content (AvgIpc) is 3.35. The molecule has 3 aromatic carbocycles. The normalized spacial score (nSPS) is 12.4. The predicted octanol–water partition coefficient (Wildman–Crippen LogP) is 5.35. The molecule has 0 atom stereocenters. The molecule has 5 aromatic rings. The number of benzene rings is 3. The topological polar surface area (TPSA) is 33.8 Å².